The van der Waals surface area contributed by atoms with Crippen LogP contribution in [-0.4, -0.2) is 27.4 Å². The maximum Gasteiger partial charge on any atom is 0.337 e. The Balaban J connectivity index is 2.58. The van der Waals surface area contributed by atoms with Crippen LogP contribution in [0.4, 0.5) is 0 Å². The van der Waals surface area contributed by atoms with Gasteiger partial charge in [-0.05, 0) is 24.6 Å². The summed E-state index contributed by atoms with van der Waals surface area (Å²) in [5.74, 6) is -0.934. The van der Waals surface area contributed by atoms with Gasteiger partial charge in [-0.15, -0.1) is 0 Å². The molecule has 17 heavy (non-hydrogen) atoms. The van der Waals surface area contributed by atoms with E-state index < -0.39 is 5.97 Å². The number of halogens is 1. The third-order valence-corrected chi connectivity index (χ3v) is 3.12. The minimum atomic E-state index is -0.934. The molecule has 1 heterocycles. The lowest BCUT2D eigenvalue weighted by Gasteiger charge is -2.03. The zero-order chi connectivity index (χ0) is 12.4. The second-order valence-corrected chi connectivity index (χ2v) is 4.70. The van der Waals surface area contributed by atoms with Crippen LogP contribution in [0, 0.1) is 0 Å². The number of nitrogens with zero attached hydrogens (tertiary/aromatic N) is 1. The fourth-order valence-electron chi connectivity index (χ4n) is 1.87. The number of aromatic carboxylic acids is 1. The third kappa shape index (κ3) is 2.35. The van der Waals surface area contributed by atoms with Crippen LogP contribution in [0.1, 0.15) is 16.8 Å². The lowest BCUT2D eigenvalue weighted by molar-refractivity contribution is 0.0699. The fraction of sp³-hybridized carbons (Fsp3) is 0.250. The zero-order valence-corrected chi connectivity index (χ0v) is 10.6. The van der Waals surface area contributed by atoms with Crippen LogP contribution >= 0.6 is 15.9 Å². The van der Waals surface area contributed by atoms with Crippen LogP contribution in [0.2, 0.25) is 0 Å². The number of carbonyl (C=O) groups is 1. The number of carboxylic acid groups (broad SMARTS) is 1. The highest BCUT2D eigenvalue weighted by Gasteiger charge is 2.13. The summed E-state index contributed by atoms with van der Waals surface area (Å²) in [5.41, 5.74) is 1.17. The summed E-state index contributed by atoms with van der Waals surface area (Å²) < 4.78 is 2.72. The number of aryl methyl sites for hydroxylation is 1. The van der Waals surface area contributed by atoms with E-state index in [-0.39, 0.29) is 6.61 Å². The standard InChI is InChI=1S/C12H12BrNO3/c13-8-2-3-11-9(6-8)10(12(16)17)7-14(11)4-1-5-15/h2-3,6-7,15H,1,4-5H2,(H,16,17). The third-order valence-electron chi connectivity index (χ3n) is 2.63. The highest BCUT2D eigenvalue weighted by molar-refractivity contribution is 9.10. The van der Waals surface area contributed by atoms with Gasteiger partial charge in [0.1, 0.15) is 0 Å². The van der Waals surface area contributed by atoms with Crippen molar-refractivity contribution in [2.24, 2.45) is 0 Å². The van der Waals surface area contributed by atoms with E-state index in [2.05, 4.69) is 15.9 Å². The van der Waals surface area contributed by atoms with E-state index in [1.54, 1.807) is 12.3 Å². The molecule has 0 bridgehead atoms. The van der Waals surface area contributed by atoms with Crippen LogP contribution in [-0.2, 0) is 6.54 Å². The van der Waals surface area contributed by atoms with Crippen molar-refractivity contribution in [1.82, 2.24) is 4.57 Å². The second kappa shape index (κ2) is 4.89. The number of aliphatic hydroxyl groups excluding tert-OH is 1. The number of aromatic nitrogens is 1. The van der Waals surface area contributed by atoms with Crippen LogP contribution in [0.3, 0.4) is 0 Å². The van der Waals surface area contributed by atoms with Gasteiger partial charge in [0, 0.05) is 34.7 Å². The molecule has 0 aliphatic rings. The van der Waals surface area contributed by atoms with E-state index in [1.807, 2.05) is 16.7 Å². The molecular formula is C12H12BrNO3. The smallest absolute Gasteiger partial charge is 0.337 e. The van der Waals surface area contributed by atoms with Gasteiger partial charge >= 0.3 is 5.97 Å². The minimum absolute atomic E-state index is 0.0958. The quantitative estimate of drug-likeness (QED) is 0.911. The first kappa shape index (κ1) is 12.1. The SMILES string of the molecule is O=C(O)c1cn(CCCO)c2ccc(Br)cc12. The molecule has 0 aliphatic heterocycles. The van der Waals surface area contributed by atoms with Crippen molar-refractivity contribution in [2.45, 2.75) is 13.0 Å². The maximum atomic E-state index is 11.1. The number of hydrogen-bond acceptors (Lipinski definition) is 2. The molecule has 0 radical (unpaired) electrons. The lowest BCUT2D eigenvalue weighted by Crippen LogP contribution is -1.99. The Kier molecular flexibility index (Phi) is 3.49. The number of carboxylic acids is 1. The van der Waals surface area contributed by atoms with Gasteiger partial charge in [-0.25, -0.2) is 4.79 Å². The molecule has 1 aromatic heterocycles. The molecule has 0 atom stereocenters. The topological polar surface area (TPSA) is 62.5 Å². The molecule has 0 saturated heterocycles. The van der Waals surface area contributed by atoms with Crippen molar-refractivity contribution in [3.63, 3.8) is 0 Å². The summed E-state index contributed by atoms with van der Waals surface area (Å²) in [4.78, 5) is 11.1. The van der Waals surface area contributed by atoms with Crippen molar-refractivity contribution < 1.29 is 15.0 Å². The fourth-order valence-corrected chi connectivity index (χ4v) is 2.23. The lowest BCUT2D eigenvalue weighted by atomic mass is 10.2. The van der Waals surface area contributed by atoms with Crippen LogP contribution in [0.25, 0.3) is 10.9 Å². The highest BCUT2D eigenvalue weighted by Crippen LogP contribution is 2.25. The van der Waals surface area contributed by atoms with E-state index in [4.69, 9.17) is 10.2 Å². The summed E-state index contributed by atoms with van der Waals surface area (Å²) in [7, 11) is 0. The van der Waals surface area contributed by atoms with Gasteiger partial charge in [-0.3, -0.25) is 0 Å². The largest absolute Gasteiger partial charge is 0.478 e. The number of aliphatic hydroxyl groups is 1. The zero-order valence-electron chi connectivity index (χ0n) is 9.06. The molecule has 2 N–H and O–H groups in total. The molecule has 0 spiro atoms. The van der Waals surface area contributed by atoms with Crippen LogP contribution in [0.5, 0.6) is 0 Å². The van der Waals surface area contributed by atoms with Crippen LogP contribution in [0.15, 0.2) is 28.9 Å². The Hall–Kier alpha value is -1.33. The van der Waals surface area contributed by atoms with E-state index in [9.17, 15) is 4.79 Å². The Morgan fingerprint density at radius 2 is 2.18 bits per heavy atom. The first-order valence-electron chi connectivity index (χ1n) is 5.26. The molecule has 1 aromatic carbocycles. The van der Waals surface area contributed by atoms with Crippen molar-refractivity contribution in [1.29, 1.82) is 0 Å². The number of hydrogen-bond donors (Lipinski definition) is 2. The second-order valence-electron chi connectivity index (χ2n) is 3.78. The molecule has 2 rings (SSSR count). The molecular weight excluding hydrogens is 286 g/mol. The highest BCUT2D eigenvalue weighted by atomic mass is 79.9. The molecule has 5 heteroatoms. The Labute approximate surface area is 107 Å². The van der Waals surface area contributed by atoms with Crippen molar-refractivity contribution >= 4 is 32.8 Å². The van der Waals surface area contributed by atoms with E-state index in [0.29, 0.717) is 23.9 Å². The average molecular weight is 298 g/mol. The predicted molar refractivity (Wildman–Crippen MR) is 68.3 cm³/mol. The monoisotopic (exact) mass is 297 g/mol. The summed E-state index contributed by atoms with van der Waals surface area (Å²) in [6.45, 7) is 0.709. The molecule has 0 unspecified atom stereocenters. The van der Waals surface area contributed by atoms with E-state index in [0.717, 1.165) is 9.99 Å². The Morgan fingerprint density at radius 3 is 2.82 bits per heavy atom. The predicted octanol–water partition coefficient (Wildman–Crippen LogP) is 2.48. The van der Waals surface area contributed by atoms with E-state index in [1.165, 1.54) is 0 Å². The number of rotatable bonds is 4. The minimum Gasteiger partial charge on any atom is -0.478 e. The molecule has 0 aliphatic carbocycles. The molecule has 2 aromatic rings. The Bertz CT molecular complexity index is 562. The molecule has 90 valence electrons. The van der Waals surface area contributed by atoms with Gasteiger partial charge in [-0.2, -0.15) is 0 Å². The van der Waals surface area contributed by atoms with Crippen molar-refractivity contribution in [3.8, 4) is 0 Å². The van der Waals surface area contributed by atoms with Gasteiger partial charge in [-0.1, -0.05) is 15.9 Å². The Morgan fingerprint density at radius 1 is 1.41 bits per heavy atom. The summed E-state index contributed by atoms with van der Waals surface area (Å²) in [6, 6.07) is 5.56. The summed E-state index contributed by atoms with van der Waals surface area (Å²) in [6.07, 6.45) is 2.23. The summed E-state index contributed by atoms with van der Waals surface area (Å²) in [5, 5.41) is 18.7. The first-order valence-corrected chi connectivity index (χ1v) is 6.05. The average Bonchev–Trinajstić information content (AvgIpc) is 2.64. The van der Waals surface area contributed by atoms with Gasteiger partial charge in [0.25, 0.3) is 0 Å². The van der Waals surface area contributed by atoms with Crippen molar-refractivity contribution in [2.75, 3.05) is 6.61 Å². The molecule has 0 saturated carbocycles. The van der Waals surface area contributed by atoms with E-state index >= 15 is 0 Å². The molecule has 0 fully saturated rings. The van der Waals surface area contributed by atoms with Gasteiger partial charge in [0.15, 0.2) is 0 Å². The normalized spacial score (nSPS) is 10.9. The number of benzene rings is 1. The first-order chi connectivity index (χ1) is 8.13. The molecule has 4 nitrogen and oxygen atoms in total. The summed E-state index contributed by atoms with van der Waals surface area (Å²) >= 11 is 3.34. The van der Waals surface area contributed by atoms with Crippen molar-refractivity contribution in [3.05, 3.63) is 34.4 Å². The van der Waals surface area contributed by atoms with Gasteiger partial charge in [0.2, 0.25) is 0 Å². The number of fused-ring (bicyclic) bond motifs is 1. The van der Waals surface area contributed by atoms with Crippen LogP contribution < -0.4 is 0 Å². The van der Waals surface area contributed by atoms with Gasteiger partial charge in [0.05, 0.1) is 5.56 Å². The van der Waals surface area contributed by atoms with Gasteiger partial charge < -0.3 is 14.8 Å². The maximum absolute atomic E-state index is 11.1. The molecule has 0 amide bonds.